The van der Waals surface area contributed by atoms with Gasteiger partial charge in [-0.25, -0.2) is 0 Å². The van der Waals surface area contributed by atoms with Gasteiger partial charge in [-0.2, -0.15) is 23.4 Å². The number of benzene rings is 1. The average molecular weight is 350 g/mol. The Hall–Kier alpha value is -2.48. The highest BCUT2D eigenvalue weighted by Crippen LogP contribution is 2.33. The molecule has 1 aliphatic heterocycles. The molecule has 0 aliphatic carbocycles. The molecule has 0 radical (unpaired) electrons. The lowest BCUT2D eigenvalue weighted by Crippen LogP contribution is -2.35. The molecule has 2 aromatic rings. The van der Waals surface area contributed by atoms with Gasteiger partial charge in [0.15, 0.2) is 0 Å². The lowest BCUT2D eigenvalue weighted by Gasteiger charge is -2.14. The van der Waals surface area contributed by atoms with Crippen molar-refractivity contribution in [3.05, 3.63) is 42.1 Å². The first-order valence-electron chi connectivity index (χ1n) is 7.84. The van der Waals surface area contributed by atoms with E-state index < -0.39 is 24.0 Å². The molecule has 1 aromatic carbocycles. The lowest BCUT2D eigenvalue weighted by atomic mass is 10.0. The molecule has 2 unspecified atom stereocenters. The summed E-state index contributed by atoms with van der Waals surface area (Å²) >= 11 is 0. The fourth-order valence-electron chi connectivity index (χ4n) is 2.84. The Morgan fingerprint density at radius 3 is 2.76 bits per heavy atom. The third-order valence-corrected chi connectivity index (χ3v) is 4.26. The van der Waals surface area contributed by atoms with Gasteiger partial charge in [0, 0.05) is 24.0 Å². The number of rotatable bonds is 3. The molecular weight excluding hydrogens is 333 g/mol. The maximum Gasteiger partial charge on any atom is 0.393 e. The predicted octanol–water partition coefficient (Wildman–Crippen LogP) is 2.93. The molecule has 5 nitrogen and oxygen atoms in total. The van der Waals surface area contributed by atoms with E-state index >= 15 is 0 Å². The van der Waals surface area contributed by atoms with Gasteiger partial charge < -0.3 is 10.6 Å². The van der Waals surface area contributed by atoms with Crippen molar-refractivity contribution in [1.29, 1.82) is 0 Å². The molecule has 1 saturated heterocycles. The molecule has 1 amide bonds. The number of aromatic nitrogens is 2. The van der Waals surface area contributed by atoms with Crippen molar-refractivity contribution in [2.45, 2.75) is 25.6 Å². The van der Waals surface area contributed by atoms with Gasteiger partial charge in [0.2, 0.25) is 5.91 Å². The van der Waals surface area contributed by atoms with E-state index in [0.717, 1.165) is 11.1 Å². The molecule has 0 saturated carbocycles. The van der Waals surface area contributed by atoms with Crippen molar-refractivity contribution < 1.29 is 18.0 Å². The first-order chi connectivity index (χ1) is 11.8. The number of amides is 1. The Kier molecular flexibility index (Phi) is 4.71. The minimum absolute atomic E-state index is 0.236. The van der Waals surface area contributed by atoms with E-state index in [1.165, 1.54) is 0 Å². The number of carbonyl (C=O) groups excluding carboxylic acids is 1. The summed E-state index contributed by atoms with van der Waals surface area (Å²) in [6, 6.07) is 7.98. The van der Waals surface area contributed by atoms with Gasteiger partial charge in [-0.15, -0.1) is 0 Å². The van der Waals surface area contributed by atoms with E-state index in [1.807, 2.05) is 13.0 Å². The first kappa shape index (κ1) is 17.3. The summed E-state index contributed by atoms with van der Waals surface area (Å²) in [6.07, 6.45) is -2.98. The largest absolute Gasteiger partial charge is 0.393 e. The Bertz CT molecular complexity index is 764. The van der Waals surface area contributed by atoms with Crippen molar-refractivity contribution in [3.63, 3.8) is 0 Å². The number of hydrogen-bond acceptors (Lipinski definition) is 4. The number of carbonyl (C=O) groups is 1. The third kappa shape index (κ3) is 3.96. The minimum Gasteiger partial charge on any atom is -0.325 e. The highest BCUT2D eigenvalue weighted by Gasteiger charge is 2.45. The van der Waals surface area contributed by atoms with Crippen molar-refractivity contribution >= 4 is 11.6 Å². The zero-order valence-corrected chi connectivity index (χ0v) is 13.5. The van der Waals surface area contributed by atoms with Crippen LogP contribution in [-0.2, 0) is 4.79 Å². The topological polar surface area (TPSA) is 66.9 Å². The fourth-order valence-corrected chi connectivity index (χ4v) is 2.84. The molecule has 1 fully saturated rings. The number of alkyl halides is 3. The van der Waals surface area contributed by atoms with Crippen LogP contribution in [0.25, 0.3) is 11.3 Å². The number of anilines is 1. The predicted molar refractivity (Wildman–Crippen MR) is 86.8 cm³/mol. The standard InChI is InChI=1S/C17H17F3N4O/c1-10-4-5-12(8-13(10)14-3-2-6-22-24-14)23-16(25)15-7-11(9-21-15)17(18,19)20/h2-6,8,11,15,21H,7,9H2,1H3,(H,23,25). The quantitative estimate of drug-likeness (QED) is 0.893. The zero-order chi connectivity index (χ0) is 18.0. The summed E-state index contributed by atoms with van der Waals surface area (Å²) in [7, 11) is 0. The van der Waals surface area contributed by atoms with Crippen LogP contribution in [0.4, 0.5) is 18.9 Å². The molecule has 3 rings (SSSR count). The van der Waals surface area contributed by atoms with Crippen molar-refractivity contribution in [2.75, 3.05) is 11.9 Å². The normalized spacial score (nSPS) is 20.5. The van der Waals surface area contributed by atoms with Gasteiger partial charge in [0.1, 0.15) is 0 Å². The third-order valence-electron chi connectivity index (χ3n) is 4.26. The molecule has 25 heavy (non-hydrogen) atoms. The summed E-state index contributed by atoms with van der Waals surface area (Å²) in [4.78, 5) is 12.3. The Morgan fingerprint density at radius 2 is 2.12 bits per heavy atom. The molecule has 1 aromatic heterocycles. The Labute approximate surface area is 142 Å². The van der Waals surface area contributed by atoms with E-state index in [2.05, 4.69) is 20.8 Å². The van der Waals surface area contributed by atoms with Crippen molar-refractivity contribution in [1.82, 2.24) is 15.5 Å². The average Bonchev–Trinajstić information content (AvgIpc) is 3.08. The summed E-state index contributed by atoms with van der Waals surface area (Å²) in [6.45, 7) is 1.67. The van der Waals surface area contributed by atoms with Crippen molar-refractivity contribution in [3.8, 4) is 11.3 Å². The van der Waals surface area contributed by atoms with E-state index in [4.69, 9.17) is 0 Å². The molecule has 2 atom stereocenters. The second-order valence-electron chi connectivity index (χ2n) is 6.06. The number of hydrogen-bond donors (Lipinski definition) is 2. The van der Waals surface area contributed by atoms with Gasteiger partial charge >= 0.3 is 6.18 Å². The number of aryl methyl sites for hydroxylation is 1. The minimum atomic E-state index is -4.29. The van der Waals surface area contributed by atoms with Crippen LogP contribution in [-0.4, -0.2) is 34.9 Å². The Balaban J connectivity index is 1.73. The molecule has 0 spiro atoms. The smallest absolute Gasteiger partial charge is 0.325 e. The molecule has 2 heterocycles. The molecule has 2 N–H and O–H groups in total. The second-order valence-corrected chi connectivity index (χ2v) is 6.06. The van der Waals surface area contributed by atoms with E-state index in [1.54, 1.807) is 30.5 Å². The van der Waals surface area contributed by atoms with E-state index in [9.17, 15) is 18.0 Å². The maximum atomic E-state index is 12.7. The number of nitrogens with one attached hydrogen (secondary N) is 2. The van der Waals surface area contributed by atoms with Crippen LogP contribution in [0.5, 0.6) is 0 Å². The van der Waals surface area contributed by atoms with Crippen LogP contribution in [0.3, 0.4) is 0 Å². The highest BCUT2D eigenvalue weighted by molar-refractivity contribution is 5.95. The van der Waals surface area contributed by atoms with Gasteiger partial charge in [0.05, 0.1) is 17.7 Å². The van der Waals surface area contributed by atoms with E-state index in [-0.39, 0.29) is 13.0 Å². The highest BCUT2D eigenvalue weighted by atomic mass is 19.4. The van der Waals surface area contributed by atoms with Gasteiger partial charge in [-0.05, 0) is 43.2 Å². The SMILES string of the molecule is Cc1ccc(NC(=O)C2CC(C(F)(F)F)CN2)cc1-c1cccnn1. The zero-order valence-electron chi connectivity index (χ0n) is 13.5. The number of nitrogens with zero attached hydrogens (tertiary/aromatic N) is 2. The molecular formula is C17H17F3N4O. The second kappa shape index (κ2) is 6.79. The summed E-state index contributed by atoms with van der Waals surface area (Å²) in [5.74, 6) is -1.96. The van der Waals surface area contributed by atoms with Crippen LogP contribution >= 0.6 is 0 Å². The fraction of sp³-hybridized carbons (Fsp3) is 0.353. The monoisotopic (exact) mass is 350 g/mol. The van der Waals surface area contributed by atoms with Crippen LogP contribution in [0.2, 0.25) is 0 Å². The van der Waals surface area contributed by atoms with Crippen LogP contribution < -0.4 is 10.6 Å². The first-order valence-corrected chi connectivity index (χ1v) is 7.84. The maximum absolute atomic E-state index is 12.7. The summed E-state index contributed by atoms with van der Waals surface area (Å²) in [5, 5.41) is 13.2. The Morgan fingerprint density at radius 1 is 1.32 bits per heavy atom. The van der Waals surface area contributed by atoms with Crippen molar-refractivity contribution in [2.24, 2.45) is 5.92 Å². The van der Waals surface area contributed by atoms with Crippen LogP contribution in [0, 0.1) is 12.8 Å². The number of halogens is 3. The summed E-state index contributed by atoms with van der Waals surface area (Å²) in [5.41, 5.74) is 2.92. The van der Waals surface area contributed by atoms with Gasteiger partial charge in [-0.1, -0.05) is 6.07 Å². The van der Waals surface area contributed by atoms with Crippen LogP contribution in [0.1, 0.15) is 12.0 Å². The lowest BCUT2D eigenvalue weighted by molar-refractivity contribution is -0.169. The van der Waals surface area contributed by atoms with E-state index in [0.29, 0.717) is 11.4 Å². The molecule has 132 valence electrons. The molecule has 0 bridgehead atoms. The van der Waals surface area contributed by atoms with Gasteiger partial charge in [-0.3, -0.25) is 4.79 Å². The van der Waals surface area contributed by atoms with Crippen LogP contribution in [0.15, 0.2) is 36.5 Å². The summed E-state index contributed by atoms with van der Waals surface area (Å²) < 4.78 is 38.2. The molecule has 1 aliphatic rings. The molecule has 8 heteroatoms. The van der Waals surface area contributed by atoms with Gasteiger partial charge in [0.25, 0.3) is 0 Å².